The summed E-state index contributed by atoms with van der Waals surface area (Å²) in [7, 11) is 2.13. The highest BCUT2D eigenvalue weighted by molar-refractivity contribution is 6.24. The summed E-state index contributed by atoms with van der Waals surface area (Å²) in [5.74, 6) is 0. The minimum Gasteiger partial charge on any atom is -0.487 e. The summed E-state index contributed by atoms with van der Waals surface area (Å²) in [6.45, 7) is 2.22. The van der Waals surface area contributed by atoms with Gasteiger partial charge in [0, 0.05) is 6.04 Å². The standard InChI is InChI=1S/C10H13NO.Al/c1-8(11-2)10(12)9-6-4-3-5-7-9;/h3-8,10H,1-2H3;/q-2;+2/t8-,10+;/m1./s1. The van der Waals surface area contributed by atoms with Gasteiger partial charge in [0.1, 0.15) is 0 Å². The van der Waals surface area contributed by atoms with Crippen LogP contribution in [0.5, 0.6) is 0 Å². The molecule has 0 N–H and O–H groups in total. The Bertz CT molecular complexity index is 278. The molecule has 1 aromatic carbocycles. The van der Waals surface area contributed by atoms with Crippen LogP contribution >= 0.6 is 0 Å². The molecule has 0 aliphatic carbocycles. The Morgan fingerprint density at radius 3 is 2.54 bits per heavy atom. The predicted molar refractivity (Wildman–Crippen MR) is 53.2 cm³/mol. The maximum absolute atomic E-state index is 5.77. The van der Waals surface area contributed by atoms with Gasteiger partial charge in [0.05, 0.1) is 6.10 Å². The molecule has 0 aromatic heterocycles. The molecule has 1 saturated heterocycles. The van der Waals surface area contributed by atoms with E-state index in [-0.39, 0.29) is 21.9 Å². The summed E-state index contributed by atoms with van der Waals surface area (Å²) in [5.41, 5.74) is 1.30. The second kappa shape index (κ2) is 3.81. The molecule has 0 saturated carbocycles. The molecule has 67 valence electrons. The molecule has 1 fully saturated rings. The first-order valence-electron chi connectivity index (χ1n) is 4.55. The molecule has 2 atom stereocenters. The number of benzene rings is 1. The normalized spacial score (nSPS) is 28.8. The Balaban J connectivity index is 2.19. The highest BCUT2D eigenvalue weighted by Gasteiger charge is 2.31. The van der Waals surface area contributed by atoms with Crippen molar-refractivity contribution in [3.05, 3.63) is 35.9 Å². The SMILES string of the molecule is C[C@@H]1[C@@H](c2ccccc2)[O][Al][N]1C. The van der Waals surface area contributed by atoms with Gasteiger partial charge in [-0.2, -0.15) is 0 Å². The minimum absolute atomic E-state index is 0.0321. The Kier molecular flexibility index (Phi) is 2.71. The largest absolute Gasteiger partial charge is 0.560 e. The van der Waals surface area contributed by atoms with E-state index in [1.807, 2.05) is 6.07 Å². The molecule has 1 radical (unpaired) electrons. The Hall–Kier alpha value is -0.328. The van der Waals surface area contributed by atoms with Crippen LogP contribution in [0.3, 0.4) is 0 Å². The average molecular weight is 190 g/mol. The molecule has 0 spiro atoms. The quantitative estimate of drug-likeness (QED) is 0.624. The molecular weight excluding hydrogens is 177 g/mol. The topological polar surface area (TPSA) is 12.5 Å². The van der Waals surface area contributed by atoms with Gasteiger partial charge in [-0.15, -0.1) is 0 Å². The number of hydrogen-bond donors (Lipinski definition) is 0. The zero-order valence-corrected chi connectivity index (χ0v) is 9.13. The zero-order valence-electron chi connectivity index (χ0n) is 7.97. The van der Waals surface area contributed by atoms with Gasteiger partial charge in [0.15, 0.2) is 0 Å². The van der Waals surface area contributed by atoms with Crippen molar-refractivity contribution in [3.63, 3.8) is 0 Å². The van der Waals surface area contributed by atoms with Crippen LogP contribution in [0.2, 0.25) is 0 Å². The molecule has 0 bridgehead atoms. The third kappa shape index (κ3) is 1.79. The first-order chi connectivity index (χ1) is 6.29. The van der Waals surface area contributed by atoms with E-state index in [9.17, 15) is 0 Å². The number of rotatable bonds is 1. The van der Waals surface area contributed by atoms with Gasteiger partial charge in [-0.1, -0.05) is 30.3 Å². The highest BCUT2D eigenvalue weighted by atomic mass is 27.1. The molecule has 2 nitrogen and oxygen atoms in total. The molecule has 1 aliphatic rings. The summed E-state index contributed by atoms with van der Waals surface area (Å²) < 4.78 is 8.08. The first-order valence-corrected chi connectivity index (χ1v) is 5.53. The van der Waals surface area contributed by atoms with Crippen LogP contribution in [0.15, 0.2) is 30.3 Å². The lowest BCUT2D eigenvalue weighted by Crippen LogP contribution is -2.26. The van der Waals surface area contributed by atoms with Crippen molar-refractivity contribution in [2.24, 2.45) is 0 Å². The molecular formula is C10H13AlNO. The van der Waals surface area contributed by atoms with Crippen molar-refractivity contribution in [1.82, 2.24) is 3.88 Å². The summed E-state index contributed by atoms with van der Waals surface area (Å²) in [4.78, 5) is 0. The van der Waals surface area contributed by atoms with Gasteiger partial charge in [-0.25, -0.2) is 0 Å². The lowest BCUT2D eigenvalue weighted by Gasteiger charge is -2.21. The number of nitrogens with zero attached hydrogens (tertiary/aromatic N) is 1. The van der Waals surface area contributed by atoms with Gasteiger partial charge in [0.25, 0.3) is 0 Å². The molecule has 1 aromatic rings. The Morgan fingerprint density at radius 1 is 1.31 bits per heavy atom. The molecule has 2 rings (SSSR count). The summed E-state index contributed by atoms with van der Waals surface area (Å²) in [5, 5.41) is 0. The van der Waals surface area contributed by atoms with Crippen molar-refractivity contribution >= 4 is 15.8 Å². The second-order valence-electron chi connectivity index (χ2n) is 3.48. The van der Waals surface area contributed by atoms with E-state index in [1.54, 1.807) is 0 Å². The van der Waals surface area contributed by atoms with Crippen LogP contribution in [0.1, 0.15) is 18.6 Å². The summed E-state index contributed by atoms with van der Waals surface area (Å²) >= 11 is 0.0321. The third-order valence-corrected chi connectivity index (χ3v) is 3.80. The minimum atomic E-state index is 0.0321. The zero-order chi connectivity index (χ0) is 9.26. The first kappa shape index (κ1) is 9.24. The number of hydrogen-bond acceptors (Lipinski definition) is 2. The van der Waals surface area contributed by atoms with E-state index in [0.717, 1.165) is 0 Å². The monoisotopic (exact) mass is 190 g/mol. The van der Waals surface area contributed by atoms with E-state index < -0.39 is 0 Å². The van der Waals surface area contributed by atoms with Crippen molar-refractivity contribution < 1.29 is 3.79 Å². The van der Waals surface area contributed by atoms with Crippen molar-refractivity contribution in [2.45, 2.75) is 19.1 Å². The van der Waals surface area contributed by atoms with Gasteiger partial charge >= 0.3 is 15.8 Å². The van der Waals surface area contributed by atoms with Gasteiger partial charge in [-0.3, -0.25) is 0 Å². The predicted octanol–water partition coefficient (Wildman–Crippen LogP) is 1.61. The lowest BCUT2D eigenvalue weighted by molar-refractivity contribution is 0.213. The third-order valence-electron chi connectivity index (χ3n) is 2.58. The lowest BCUT2D eigenvalue weighted by atomic mass is 10.0. The van der Waals surface area contributed by atoms with E-state index >= 15 is 0 Å². The van der Waals surface area contributed by atoms with Crippen LogP contribution in [0.4, 0.5) is 0 Å². The average Bonchev–Trinajstić information content (AvgIpc) is 2.49. The fourth-order valence-corrected chi connectivity index (χ4v) is 2.64. The van der Waals surface area contributed by atoms with E-state index in [1.165, 1.54) is 5.56 Å². The summed E-state index contributed by atoms with van der Waals surface area (Å²) in [6.07, 6.45) is 0.279. The van der Waals surface area contributed by atoms with E-state index in [4.69, 9.17) is 3.79 Å². The highest BCUT2D eigenvalue weighted by Crippen LogP contribution is 2.28. The van der Waals surface area contributed by atoms with E-state index in [0.29, 0.717) is 6.04 Å². The van der Waals surface area contributed by atoms with Crippen molar-refractivity contribution in [1.29, 1.82) is 0 Å². The Labute approximate surface area is 85.8 Å². The van der Waals surface area contributed by atoms with Crippen LogP contribution in [-0.4, -0.2) is 32.7 Å². The van der Waals surface area contributed by atoms with Crippen molar-refractivity contribution in [3.8, 4) is 0 Å². The molecule has 0 unspecified atom stereocenters. The fourth-order valence-electron chi connectivity index (χ4n) is 1.58. The smallest absolute Gasteiger partial charge is 0.487 e. The molecule has 3 heteroatoms. The number of likely N-dealkylation sites (N-methyl/N-ethyl adjacent to an activating group) is 1. The molecule has 13 heavy (non-hydrogen) atoms. The fraction of sp³-hybridized carbons (Fsp3) is 0.400. The van der Waals surface area contributed by atoms with Crippen molar-refractivity contribution in [2.75, 3.05) is 7.05 Å². The van der Waals surface area contributed by atoms with Crippen LogP contribution in [0.25, 0.3) is 0 Å². The molecule has 1 heterocycles. The van der Waals surface area contributed by atoms with Crippen LogP contribution < -0.4 is 0 Å². The molecule has 1 aliphatic heterocycles. The summed E-state index contributed by atoms with van der Waals surface area (Å²) in [6, 6.07) is 11.0. The second-order valence-corrected chi connectivity index (χ2v) is 4.78. The van der Waals surface area contributed by atoms with Crippen LogP contribution in [0, 0.1) is 0 Å². The van der Waals surface area contributed by atoms with Gasteiger partial charge in [-0.05, 0) is 19.5 Å². The molecule has 0 amide bonds. The van der Waals surface area contributed by atoms with Gasteiger partial charge in [0.2, 0.25) is 0 Å². The van der Waals surface area contributed by atoms with Crippen LogP contribution in [-0.2, 0) is 3.79 Å². The Morgan fingerprint density at radius 2 is 2.00 bits per heavy atom. The van der Waals surface area contributed by atoms with Gasteiger partial charge < -0.3 is 7.67 Å². The maximum atomic E-state index is 5.77. The maximum Gasteiger partial charge on any atom is 0.560 e. The van der Waals surface area contributed by atoms with E-state index in [2.05, 4.69) is 42.1 Å².